The maximum atomic E-state index is 11.9. The Morgan fingerprint density at radius 3 is 2.57 bits per heavy atom. The van der Waals surface area contributed by atoms with Crippen molar-refractivity contribution < 1.29 is 17.9 Å². The molecule has 0 radical (unpaired) electrons. The van der Waals surface area contributed by atoms with Gasteiger partial charge in [0, 0.05) is 12.4 Å². The van der Waals surface area contributed by atoms with E-state index in [-0.39, 0.29) is 11.5 Å². The smallest absolute Gasteiger partial charge is 0.321 e. The number of aromatic nitrogens is 1. The molecule has 0 atom stereocenters. The van der Waals surface area contributed by atoms with Crippen LogP contribution in [0.1, 0.15) is 5.56 Å². The normalized spacial score (nSPS) is 11.0. The Hall–Kier alpha value is -2.25. The molecule has 7 heteroatoms. The first-order valence-electron chi connectivity index (χ1n) is 6.17. The summed E-state index contributed by atoms with van der Waals surface area (Å²) in [5, 5.41) is 0. The zero-order chi connectivity index (χ0) is 15.1. The Labute approximate surface area is 122 Å². The van der Waals surface area contributed by atoms with Crippen LogP contribution in [0.25, 0.3) is 0 Å². The van der Waals surface area contributed by atoms with Crippen LogP contribution in [0.15, 0.2) is 59.8 Å². The molecule has 2 aromatic rings. The first-order chi connectivity index (χ1) is 10.1. The minimum atomic E-state index is -3.75. The molecule has 1 N–H and O–H groups in total. The summed E-state index contributed by atoms with van der Waals surface area (Å²) in [7, 11) is -3.75. The highest BCUT2D eigenvalue weighted by Crippen LogP contribution is 2.05. The van der Waals surface area contributed by atoms with E-state index in [1.807, 2.05) is 30.3 Å². The minimum Gasteiger partial charge on any atom is -0.460 e. The third kappa shape index (κ3) is 4.66. The van der Waals surface area contributed by atoms with E-state index in [2.05, 4.69) is 9.71 Å². The van der Waals surface area contributed by atoms with Crippen LogP contribution in [-0.4, -0.2) is 25.9 Å². The van der Waals surface area contributed by atoms with Crippen LogP contribution in [0.5, 0.6) is 0 Å². The summed E-state index contributed by atoms with van der Waals surface area (Å²) < 4.78 is 30.9. The number of esters is 1. The third-order valence-electron chi connectivity index (χ3n) is 2.59. The third-order valence-corrected chi connectivity index (χ3v) is 3.98. The van der Waals surface area contributed by atoms with Crippen molar-refractivity contribution in [3.8, 4) is 0 Å². The van der Waals surface area contributed by atoms with Crippen molar-refractivity contribution in [2.75, 3.05) is 6.54 Å². The summed E-state index contributed by atoms with van der Waals surface area (Å²) in [6.45, 7) is -0.321. The van der Waals surface area contributed by atoms with Gasteiger partial charge >= 0.3 is 5.97 Å². The molecular weight excluding hydrogens is 292 g/mol. The molecular formula is C14H14N2O4S. The van der Waals surface area contributed by atoms with Gasteiger partial charge in [0.25, 0.3) is 0 Å². The van der Waals surface area contributed by atoms with Gasteiger partial charge < -0.3 is 4.74 Å². The molecule has 1 aromatic heterocycles. The molecule has 0 saturated carbocycles. The highest BCUT2D eigenvalue weighted by molar-refractivity contribution is 7.89. The molecule has 110 valence electrons. The second-order valence-corrected chi connectivity index (χ2v) is 5.93. The molecule has 2 rings (SSSR count). The van der Waals surface area contributed by atoms with E-state index in [0.29, 0.717) is 0 Å². The second-order valence-electron chi connectivity index (χ2n) is 4.16. The molecule has 1 heterocycles. The average molecular weight is 306 g/mol. The van der Waals surface area contributed by atoms with E-state index in [1.54, 1.807) is 0 Å². The quantitative estimate of drug-likeness (QED) is 0.808. The van der Waals surface area contributed by atoms with Gasteiger partial charge in [-0.05, 0) is 17.7 Å². The van der Waals surface area contributed by atoms with Crippen LogP contribution >= 0.6 is 0 Å². The molecule has 1 aromatic carbocycles. The maximum Gasteiger partial charge on any atom is 0.321 e. The molecule has 0 saturated heterocycles. The van der Waals surface area contributed by atoms with Gasteiger partial charge in [-0.2, -0.15) is 4.72 Å². The predicted molar refractivity (Wildman–Crippen MR) is 75.7 cm³/mol. The number of pyridine rings is 1. The molecule has 0 fully saturated rings. The van der Waals surface area contributed by atoms with Crippen LogP contribution in [0, 0.1) is 0 Å². The molecule has 0 spiro atoms. The molecule has 0 aliphatic carbocycles. The van der Waals surface area contributed by atoms with Crippen LogP contribution in [0.3, 0.4) is 0 Å². The average Bonchev–Trinajstić information content (AvgIpc) is 2.53. The largest absolute Gasteiger partial charge is 0.460 e. The van der Waals surface area contributed by atoms with E-state index in [9.17, 15) is 13.2 Å². The van der Waals surface area contributed by atoms with Crippen molar-refractivity contribution in [3.05, 3.63) is 60.4 Å². The van der Waals surface area contributed by atoms with Gasteiger partial charge in [-0.25, -0.2) is 8.42 Å². The molecule has 0 unspecified atom stereocenters. The SMILES string of the molecule is O=C(CNS(=O)(=O)c1cccnc1)OCc1ccccc1. The molecule has 6 nitrogen and oxygen atoms in total. The number of nitrogens with zero attached hydrogens (tertiary/aromatic N) is 1. The van der Waals surface area contributed by atoms with Crippen molar-refractivity contribution in [2.45, 2.75) is 11.5 Å². The molecule has 0 aliphatic rings. The summed E-state index contributed by atoms with van der Waals surface area (Å²) in [5.41, 5.74) is 0.834. The summed E-state index contributed by atoms with van der Waals surface area (Å²) in [6.07, 6.45) is 2.67. The lowest BCUT2D eigenvalue weighted by molar-refractivity contribution is -0.143. The van der Waals surface area contributed by atoms with Crippen molar-refractivity contribution in [1.29, 1.82) is 0 Å². The molecule has 21 heavy (non-hydrogen) atoms. The van der Waals surface area contributed by atoms with E-state index < -0.39 is 22.5 Å². The molecule has 0 amide bonds. The van der Waals surface area contributed by atoms with Crippen molar-refractivity contribution in [3.63, 3.8) is 0 Å². The summed E-state index contributed by atoms with van der Waals surface area (Å²) in [5.74, 6) is -0.647. The zero-order valence-corrected chi connectivity index (χ0v) is 11.9. The lowest BCUT2D eigenvalue weighted by Gasteiger charge is -2.07. The fraction of sp³-hybridized carbons (Fsp3) is 0.143. The Kier molecular flexibility index (Phi) is 5.02. The van der Waals surface area contributed by atoms with Gasteiger partial charge in [0.05, 0.1) is 0 Å². The van der Waals surface area contributed by atoms with Crippen LogP contribution in [0.4, 0.5) is 0 Å². The Morgan fingerprint density at radius 2 is 1.90 bits per heavy atom. The first kappa shape index (κ1) is 15.1. The monoisotopic (exact) mass is 306 g/mol. The number of sulfonamides is 1. The summed E-state index contributed by atoms with van der Waals surface area (Å²) in [6, 6.07) is 12.0. The first-order valence-corrected chi connectivity index (χ1v) is 7.65. The van der Waals surface area contributed by atoms with Gasteiger partial charge in [0.15, 0.2) is 0 Å². The summed E-state index contributed by atoms with van der Waals surface area (Å²) in [4.78, 5) is 15.2. The van der Waals surface area contributed by atoms with Crippen LogP contribution in [0.2, 0.25) is 0 Å². The lowest BCUT2D eigenvalue weighted by atomic mass is 10.2. The van der Waals surface area contributed by atoms with E-state index in [0.717, 1.165) is 5.56 Å². The van der Waals surface area contributed by atoms with Crippen LogP contribution < -0.4 is 4.72 Å². The Bertz CT molecular complexity index is 687. The number of rotatable bonds is 6. The standard InChI is InChI=1S/C14H14N2O4S/c17-14(20-11-12-5-2-1-3-6-12)10-16-21(18,19)13-7-4-8-15-9-13/h1-9,16H,10-11H2. The van der Waals surface area contributed by atoms with Crippen molar-refractivity contribution >= 4 is 16.0 Å². The number of carbonyl (C=O) groups excluding carboxylic acids is 1. The Morgan fingerprint density at radius 1 is 1.14 bits per heavy atom. The molecule has 0 aliphatic heterocycles. The number of benzene rings is 1. The van der Waals surface area contributed by atoms with Crippen molar-refractivity contribution in [1.82, 2.24) is 9.71 Å². The number of hydrogen-bond donors (Lipinski definition) is 1. The fourth-order valence-electron chi connectivity index (χ4n) is 1.53. The van der Waals surface area contributed by atoms with Gasteiger partial charge in [-0.3, -0.25) is 9.78 Å². The zero-order valence-electron chi connectivity index (χ0n) is 11.1. The van der Waals surface area contributed by atoms with E-state index in [4.69, 9.17) is 4.74 Å². The Balaban J connectivity index is 1.84. The predicted octanol–water partition coefficient (Wildman–Crippen LogP) is 1.10. The lowest BCUT2D eigenvalue weighted by Crippen LogP contribution is -2.30. The molecule has 0 bridgehead atoms. The minimum absolute atomic E-state index is 0.000796. The maximum absolute atomic E-state index is 11.9. The number of carbonyl (C=O) groups is 1. The fourth-order valence-corrected chi connectivity index (χ4v) is 2.46. The van der Waals surface area contributed by atoms with E-state index in [1.165, 1.54) is 24.5 Å². The number of hydrogen-bond acceptors (Lipinski definition) is 5. The van der Waals surface area contributed by atoms with E-state index >= 15 is 0 Å². The van der Waals surface area contributed by atoms with Gasteiger partial charge in [-0.1, -0.05) is 30.3 Å². The highest BCUT2D eigenvalue weighted by Gasteiger charge is 2.15. The summed E-state index contributed by atoms with van der Waals surface area (Å²) >= 11 is 0. The van der Waals surface area contributed by atoms with Gasteiger partial charge in [-0.15, -0.1) is 0 Å². The highest BCUT2D eigenvalue weighted by atomic mass is 32.2. The van der Waals surface area contributed by atoms with Gasteiger partial charge in [0.1, 0.15) is 18.0 Å². The topological polar surface area (TPSA) is 85.4 Å². The van der Waals surface area contributed by atoms with Crippen LogP contribution in [-0.2, 0) is 26.2 Å². The van der Waals surface area contributed by atoms with Crippen molar-refractivity contribution in [2.24, 2.45) is 0 Å². The second kappa shape index (κ2) is 6.96. The number of nitrogens with one attached hydrogen (secondary N) is 1. The number of ether oxygens (including phenoxy) is 1. The van der Waals surface area contributed by atoms with Gasteiger partial charge in [0.2, 0.25) is 10.0 Å².